The van der Waals surface area contributed by atoms with E-state index in [4.69, 9.17) is 19.9 Å². The van der Waals surface area contributed by atoms with Gasteiger partial charge >= 0.3 is 24.2 Å². The van der Waals surface area contributed by atoms with Crippen molar-refractivity contribution in [3.63, 3.8) is 0 Å². The molecule has 0 aliphatic rings. The van der Waals surface area contributed by atoms with Gasteiger partial charge in [-0.2, -0.15) is 0 Å². The first kappa shape index (κ1) is 36.2. The van der Waals surface area contributed by atoms with Gasteiger partial charge in [-0.15, -0.1) is 0 Å². The summed E-state index contributed by atoms with van der Waals surface area (Å²) in [7, 11) is 0. The zero-order valence-corrected chi connectivity index (χ0v) is 26.8. The number of carboxylic acid groups (broad SMARTS) is 1. The van der Waals surface area contributed by atoms with Gasteiger partial charge in [0.1, 0.15) is 22.6 Å². The maximum absolute atomic E-state index is 15.6. The van der Waals surface area contributed by atoms with Gasteiger partial charge in [-0.25, -0.2) is 33.5 Å². The van der Waals surface area contributed by atoms with Gasteiger partial charge in [-0.05, 0) is 86.6 Å². The number of ether oxygens (including phenoxy) is 3. The highest BCUT2D eigenvalue weighted by molar-refractivity contribution is 5.99. The van der Waals surface area contributed by atoms with Crippen LogP contribution >= 0.6 is 0 Å². The molecule has 14 nitrogen and oxygen atoms in total. The van der Waals surface area contributed by atoms with E-state index in [1.807, 2.05) is 0 Å². The van der Waals surface area contributed by atoms with Gasteiger partial charge in [0.15, 0.2) is 11.6 Å². The van der Waals surface area contributed by atoms with E-state index >= 15 is 4.39 Å². The number of hydrogen-bond donors (Lipinski definition) is 3. The number of nitrogens with one attached hydrogen (secondary N) is 1. The van der Waals surface area contributed by atoms with Crippen molar-refractivity contribution in [3.05, 3.63) is 47.3 Å². The predicted molar refractivity (Wildman–Crippen MR) is 162 cm³/mol. The Hall–Kier alpha value is -4.95. The maximum Gasteiger partial charge on any atom is 0.419 e. The SMILES string of the molecule is CC(C)(C)OC(=O)N(CCN(C(=O)OC(C)(C)C)c1nc(Nc2cccc(C(=O)O)c2)c(C(N)=O)cc1F)C(=O)OC(C)(C)C. The van der Waals surface area contributed by atoms with Crippen LogP contribution in [0.5, 0.6) is 0 Å². The van der Waals surface area contributed by atoms with Crippen LogP contribution in [0.25, 0.3) is 0 Å². The number of aromatic nitrogens is 1. The van der Waals surface area contributed by atoms with Crippen LogP contribution in [0.2, 0.25) is 0 Å². The van der Waals surface area contributed by atoms with Gasteiger partial charge in [0, 0.05) is 12.2 Å². The average Bonchev–Trinajstić information content (AvgIpc) is 2.84. The molecule has 2 rings (SSSR count). The summed E-state index contributed by atoms with van der Waals surface area (Å²) in [6.07, 6.45) is -3.27. The van der Waals surface area contributed by atoms with E-state index in [1.165, 1.54) is 24.3 Å². The highest BCUT2D eigenvalue weighted by Crippen LogP contribution is 2.28. The molecule has 2 aromatic rings. The van der Waals surface area contributed by atoms with Gasteiger partial charge in [0.25, 0.3) is 5.91 Å². The number of nitrogens with zero attached hydrogens (tertiary/aromatic N) is 3. The summed E-state index contributed by atoms with van der Waals surface area (Å²) < 4.78 is 31.8. The molecule has 0 unspecified atom stereocenters. The number of anilines is 3. The highest BCUT2D eigenvalue weighted by atomic mass is 19.1. The molecule has 0 atom stereocenters. The standard InChI is InChI=1S/C30H40FN5O9/c1-28(2,3)43-25(40)35(13-14-36(26(41)44-29(4,5)6)27(42)45-30(7,8)9)23-20(31)16-19(21(32)37)22(34-23)33-18-12-10-11-17(15-18)24(38)39/h10-12,15-16H,13-14H2,1-9H3,(H2,32,37)(H,33,34)(H,38,39). The topological polar surface area (TPSA) is 191 Å². The summed E-state index contributed by atoms with van der Waals surface area (Å²) in [5.41, 5.74) is 2.04. The molecule has 0 radical (unpaired) electrons. The first-order valence-electron chi connectivity index (χ1n) is 13.8. The van der Waals surface area contributed by atoms with Crippen LogP contribution in [0.4, 0.5) is 36.1 Å². The molecule has 1 aromatic carbocycles. The van der Waals surface area contributed by atoms with Crippen molar-refractivity contribution < 1.29 is 47.7 Å². The molecule has 4 N–H and O–H groups in total. The molecular weight excluding hydrogens is 593 g/mol. The number of nitrogens with two attached hydrogens (primary N) is 1. The first-order chi connectivity index (χ1) is 20.5. The lowest BCUT2D eigenvalue weighted by Crippen LogP contribution is -2.48. The van der Waals surface area contributed by atoms with Crippen LogP contribution in [0, 0.1) is 5.82 Å². The molecule has 246 valence electrons. The number of carbonyl (C=O) groups excluding carboxylic acids is 4. The Balaban J connectivity index is 2.64. The van der Waals surface area contributed by atoms with Crippen molar-refractivity contribution in [2.24, 2.45) is 5.73 Å². The molecule has 4 amide bonds. The molecule has 0 bridgehead atoms. The molecule has 0 aliphatic carbocycles. The zero-order valence-electron chi connectivity index (χ0n) is 26.8. The van der Waals surface area contributed by atoms with Crippen LogP contribution in [-0.4, -0.2) is 75.0 Å². The first-order valence-corrected chi connectivity index (χ1v) is 13.8. The summed E-state index contributed by atoms with van der Waals surface area (Å²) in [6, 6.07) is 6.20. The second-order valence-corrected chi connectivity index (χ2v) is 12.8. The van der Waals surface area contributed by atoms with Crippen molar-refractivity contribution >= 4 is 47.5 Å². The minimum Gasteiger partial charge on any atom is -0.478 e. The van der Waals surface area contributed by atoms with Crippen LogP contribution in [0.1, 0.15) is 83.0 Å². The van der Waals surface area contributed by atoms with Crippen molar-refractivity contribution in [3.8, 4) is 0 Å². The molecule has 0 fully saturated rings. The fourth-order valence-corrected chi connectivity index (χ4v) is 3.51. The quantitative estimate of drug-likeness (QED) is 0.303. The third kappa shape index (κ3) is 11.2. The van der Waals surface area contributed by atoms with E-state index in [2.05, 4.69) is 10.3 Å². The molecule has 1 heterocycles. The van der Waals surface area contributed by atoms with Crippen LogP contribution in [0.3, 0.4) is 0 Å². The van der Waals surface area contributed by atoms with Gasteiger partial charge in [0.2, 0.25) is 0 Å². The number of imide groups is 1. The Bertz CT molecular complexity index is 1430. The largest absolute Gasteiger partial charge is 0.478 e. The van der Waals surface area contributed by atoms with Crippen molar-refractivity contribution in [1.82, 2.24) is 9.88 Å². The summed E-state index contributed by atoms with van der Waals surface area (Å²) in [5.74, 6) is -4.43. The third-order valence-corrected chi connectivity index (χ3v) is 5.24. The summed E-state index contributed by atoms with van der Waals surface area (Å²) >= 11 is 0. The molecule has 15 heteroatoms. The Kier molecular flexibility index (Phi) is 11.1. The molecular formula is C30H40FN5O9. The second-order valence-electron chi connectivity index (χ2n) is 12.8. The Morgan fingerprint density at radius 3 is 1.82 bits per heavy atom. The lowest BCUT2D eigenvalue weighted by molar-refractivity contribution is 0.00148. The highest BCUT2D eigenvalue weighted by Gasteiger charge is 2.34. The van der Waals surface area contributed by atoms with E-state index in [0.29, 0.717) is 4.90 Å². The van der Waals surface area contributed by atoms with Crippen LogP contribution in [0.15, 0.2) is 30.3 Å². The van der Waals surface area contributed by atoms with Gasteiger partial charge in [0.05, 0.1) is 17.7 Å². The van der Waals surface area contributed by atoms with E-state index in [1.54, 1.807) is 62.3 Å². The molecule has 1 aromatic heterocycles. The monoisotopic (exact) mass is 633 g/mol. The normalized spacial score (nSPS) is 11.7. The van der Waals surface area contributed by atoms with Crippen LogP contribution < -0.4 is 16.0 Å². The number of aromatic carboxylic acids is 1. The number of pyridine rings is 1. The van der Waals surface area contributed by atoms with E-state index in [0.717, 1.165) is 11.0 Å². The minimum atomic E-state index is -1.22. The third-order valence-electron chi connectivity index (χ3n) is 5.24. The lowest BCUT2D eigenvalue weighted by Gasteiger charge is -2.31. The Labute approximate surface area is 260 Å². The fraction of sp³-hybridized carbons (Fsp3) is 0.467. The van der Waals surface area contributed by atoms with Crippen molar-refractivity contribution in [1.29, 1.82) is 0 Å². The zero-order chi connectivity index (χ0) is 34.5. The molecule has 0 aliphatic heterocycles. The lowest BCUT2D eigenvalue weighted by atomic mass is 10.2. The maximum atomic E-state index is 15.6. The van der Waals surface area contributed by atoms with E-state index in [9.17, 15) is 29.1 Å². The van der Waals surface area contributed by atoms with Gasteiger partial charge in [-0.3, -0.25) is 9.69 Å². The number of halogens is 1. The molecule has 45 heavy (non-hydrogen) atoms. The number of amides is 4. The Morgan fingerprint density at radius 2 is 1.36 bits per heavy atom. The summed E-state index contributed by atoms with van der Waals surface area (Å²) in [5, 5.41) is 12.1. The number of rotatable bonds is 8. The van der Waals surface area contributed by atoms with Crippen LogP contribution in [-0.2, 0) is 14.2 Å². The average molecular weight is 634 g/mol. The number of benzene rings is 1. The predicted octanol–water partition coefficient (Wildman–Crippen LogP) is 5.68. The Morgan fingerprint density at radius 1 is 0.844 bits per heavy atom. The van der Waals surface area contributed by atoms with E-state index in [-0.39, 0.29) is 17.1 Å². The number of hydrogen-bond acceptors (Lipinski definition) is 10. The summed E-state index contributed by atoms with van der Waals surface area (Å²) in [4.78, 5) is 68.6. The molecule has 0 saturated heterocycles. The van der Waals surface area contributed by atoms with Crippen molar-refractivity contribution in [2.75, 3.05) is 23.3 Å². The second kappa shape index (κ2) is 13.8. The number of primary amides is 1. The van der Waals surface area contributed by atoms with E-state index < -0.39 is 77.2 Å². The molecule has 0 spiro atoms. The van der Waals surface area contributed by atoms with Gasteiger partial charge in [-0.1, -0.05) is 6.07 Å². The number of carboxylic acids is 1. The smallest absolute Gasteiger partial charge is 0.419 e. The summed E-state index contributed by atoms with van der Waals surface area (Å²) in [6.45, 7) is 13.1. The minimum absolute atomic E-state index is 0.0947. The number of carbonyl (C=O) groups is 5. The molecule has 0 saturated carbocycles. The van der Waals surface area contributed by atoms with Crippen molar-refractivity contribution in [2.45, 2.75) is 79.1 Å². The fourth-order valence-electron chi connectivity index (χ4n) is 3.51. The van der Waals surface area contributed by atoms with Gasteiger partial charge < -0.3 is 30.4 Å².